The third kappa shape index (κ3) is 3.26. The molecule has 0 radical (unpaired) electrons. The van der Waals surface area contributed by atoms with E-state index in [1.807, 2.05) is 0 Å². The van der Waals surface area contributed by atoms with E-state index in [2.05, 4.69) is 11.8 Å². The SMILES string of the molecule is N#CCC#Cc1ccc(C(F)(F)F)cc1C#N. The van der Waals surface area contributed by atoms with Crippen molar-refractivity contribution in [2.75, 3.05) is 0 Å². The van der Waals surface area contributed by atoms with Gasteiger partial charge >= 0.3 is 6.18 Å². The Morgan fingerprint density at radius 3 is 2.35 bits per heavy atom. The maximum atomic E-state index is 12.4. The molecule has 0 spiro atoms. The Balaban J connectivity index is 3.19. The Hall–Kier alpha value is -2.45. The van der Waals surface area contributed by atoms with E-state index < -0.39 is 11.7 Å². The first-order valence-corrected chi connectivity index (χ1v) is 4.46. The summed E-state index contributed by atoms with van der Waals surface area (Å²) in [6, 6.07) is 6.16. The molecule has 1 rings (SSSR count). The first kappa shape index (κ1) is 12.6. The number of benzene rings is 1. The average molecular weight is 234 g/mol. The van der Waals surface area contributed by atoms with Crippen LogP contribution in [0, 0.1) is 34.5 Å². The van der Waals surface area contributed by atoms with Crippen molar-refractivity contribution in [2.45, 2.75) is 12.6 Å². The van der Waals surface area contributed by atoms with Crippen LogP contribution in [-0.4, -0.2) is 0 Å². The first-order valence-electron chi connectivity index (χ1n) is 4.46. The van der Waals surface area contributed by atoms with Gasteiger partial charge in [0.2, 0.25) is 0 Å². The largest absolute Gasteiger partial charge is 0.416 e. The standard InChI is InChI=1S/C12H5F3N2/c13-12(14,15)11-5-4-9(3-1-2-6-16)10(7-11)8-17/h4-5,7H,2H2. The zero-order valence-corrected chi connectivity index (χ0v) is 8.47. The Morgan fingerprint density at radius 1 is 1.12 bits per heavy atom. The van der Waals surface area contributed by atoms with Crippen LogP contribution < -0.4 is 0 Å². The molecule has 0 unspecified atom stereocenters. The van der Waals surface area contributed by atoms with Crippen molar-refractivity contribution >= 4 is 0 Å². The lowest BCUT2D eigenvalue weighted by atomic mass is 10.0. The van der Waals surface area contributed by atoms with E-state index in [9.17, 15) is 13.2 Å². The highest BCUT2D eigenvalue weighted by molar-refractivity contribution is 5.50. The van der Waals surface area contributed by atoms with Crippen LogP contribution in [0.25, 0.3) is 0 Å². The fourth-order valence-electron chi connectivity index (χ4n) is 1.10. The lowest BCUT2D eigenvalue weighted by Crippen LogP contribution is -2.05. The van der Waals surface area contributed by atoms with E-state index in [1.165, 1.54) is 0 Å². The van der Waals surface area contributed by atoms with Crippen molar-refractivity contribution in [1.29, 1.82) is 10.5 Å². The predicted molar refractivity (Wildman–Crippen MR) is 53.3 cm³/mol. The Labute approximate surface area is 95.9 Å². The van der Waals surface area contributed by atoms with Gasteiger partial charge in [0.25, 0.3) is 0 Å². The van der Waals surface area contributed by atoms with Crippen LogP contribution in [0.1, 0.15) is 23.1 Å². The minimum atomic E-state index is -4.48. The molecule has 5 heteroatoms. The molecule has 0 saturated carbocycles. The van der Waals surface area contributed by atoms with Gasteiger partial charge in [0, 0.05) is 5.56 Å². The molecule has 0 bridgehead atoms. The third-order valence-corrected chi connectivity index (χ3v) is 1.86. The summed E-state index contributed by atoms with van der Waals surface area (Å²) in [7, 11) is 0. The van der Waals surface area contributed by atoms with Gasteiger partial charge in [-0.2, -0.15) is 23.7 Å². The normalized spacial score (nSPS) is 9.71. The van der Waals surface area contributed by atoms with Gasteiger partial charge < -0.3 is 0 Å². The van der Waals surface area contributed by atoms with E-state index in [0.717, 1.165) is 18.2 Å². The van der Waals surface area contributed by atoms with Gasteiger partial charge in [-0.05, 0) is 18.2 Å². The lowest BCUT2D eigenvalue weighted by molar-refractivity contribution is -0.137. The molecule has 0 atom stereocenters. The van der Waals surface area contributed by atoms with Gasteiger partial charge in [-0.25, -0.2) is 0 Å². The van der Waals surface area contributed by atoms with Gasteiger partial charge in [0.15, 0.2) is 0 Å². The topological polar surface area (TPSA) is 47.6 Å². The van der Waals surface area contributed by atoms with Gasteiger partial charge in [0.05, 0.1) is 23.6 Å². The summed E-state index contributed by atoms with van der Waals surface area (Å²) in [5.74, 6) is 4.92. The van der Waals surface area contributed by atoms with Crippen LogP contribution >= 0.6 is 0 Å². The summed E-state index contributed by atoms with van der Waals surface area (Å²) in [5.41, 5.74) is -0.846. The highest BCUT2D eigenvalue weighted by atomic mass is 19.4. The fourth-order valence-corrected chi connectivity index (χ4v) is 1.10. The van der Waals surface area contributed by atoms with Gasteiger partial charge in [-0.15, -0.1) is 0 Å². The predicted octanol–water partition coefficient (Wildman–Crippen LogP) is 2.84. The van der Waals surface area contributed by atoms with Crippen molar-refractivity contribution in [3.8, 4) is 24.0 Å². The number of halogens is 3. The summed E-state index contributed by atoms with van der Waals surface area (Å²) in [5, 5.41) is 17.0. The van der Waals surface area contributed by atoms with Crippen LogP contribution in [0.3, 0.4) is 0 Å². The third-order valence-electron chi connectivity index (χ3n) is 1.86. The van der Waals surface area contributed by atoms with E-state index in [0.29, 0.717) is 0 Å². The Morgan fingerprint density at radius 2 is 1.82 bits per heavy atom. The van der Waals surface area contributed by atoms with Crippen molar-refractivity contribution in [2.24, 2.45) is 0 Å². The molecular weight excluding hydrogens is 229 g/mol. The highest BCUT2D eigenvalue weighted by Gasteiger charge is 2.30. The fraction of sp³-hybridized carbons (Fsp3) is 0.167. The first-order chi connectivity index (χ1) is 7.99. The van der Waals surface area contributed by atoms with Crippen molar-refractivity contribution in [3.05, 3.63) is 34.9 Å². The molecule has 0 amide bonds. The second-order valence-corrected chi connectivity index (χ2v) is 3.01. The molecule has 0 aliphatic heterocycles. The van der Waals surface area contributed by atoms with Gasteiger partial charge in [0.1, 0.15) is 6.07 Å². The zero-order chi connectivity index (χ0) is 12.9. The molecule has 0 aliphatic carbocycles. The Kier molecular flexibility index (Phi) is 3.75. The number of rotatable bonds is 0. The zero-order valence-electron chi connectivity index (χ0n) is 8.47. The molecule has 17 heavy (non-hydrogen) atoms. The summed E-state index contributed by atoms with van der Waals surface area (Å²) in [6.45, 7) is 0. The van der Waals surface area contributed by atoms with Crippen LogP contribution in [0.5, 0.6) is 0 Å². The summed E-state index contributed by atoms with van der Waals surface area (Å²) in [6.07, 6.45) is -4.52. The maximum Gasteiger partial charge on any atom is 0.416 e. The second-order valence-electron chi connectivity index (χ2n) is 3.01. The van der Waals surface area contributed by atoms with E-state index in [-0.39, 0.29) is 17.5 Å². The van der Waals surface area contributed by atoms with E-state index in [4.69, 9.17) is 10.5 Å². The quantitative estimate of drug-likeness (QED) is 0.648. The molecular formula is C12H5F3N2. The minimum absolute atomic E-state index is 0.0358. The monoisotopic (exact) mass is 234 g/mol. The number of nitriles is 2. The minimum Gasteiger partial charge on any atom is -0.197 e. The van der Waals surface area contributed by atoms with Crippen LogP contribution in [0.2, 0.25) is 0 Å². The maximum absolute atomic E-state index is 12.4. The molecule has 0 N–H and O–H groups in total. The Bertz CT molecular complexity index is 563. The number of alkyl halides is 3. The van der Waals surface area contributed by atoms with E-state index in [1.54, 1.807) is 12.1 Å². The number of hydrogen-bond donors (Lipinski definition) is 0. The van der Waals surface area contributed by atoms with Crippen molar-refractivity contribution < 1.29 is 13.2 Å². The molecule has 0 saturated heterocycles. The lowest BCUT2D eigenvalue weighted by Gasteiger charge is -2.06. The van der Waals surface area contributed by atoms with Crippen molar-refractivity contribution in [1.82, 2.24) is 0 Å². The van der Waals surface area contributed by atoms with E-state index >= 15 is 0 Å². The van der Waals surface area contributed by atoms with Gasteiger partial charge in [-0.1, -0.05) is 11.8 Å². The molecule has 84 valence electrons. The second kappa shape index (κ2) is 5.05. The number of hydrogen-bond acceptors (Lipinski definition) is 2. The summed E-state index contributed by atoms with van der Waals surface area (Å²) >= 11 is 0. The summed E-state index contributed by atoms with van der Waals surface area (Å²) in [4.78, 5) is 0. The van der Waals surface area contributed by atoms with Crippen molar-refractivity contribution in [3.63, 3.8) is 0 Å². The molecule has 0 heterocycles. The molecule has 1 aromatic rings. The van der Waals surface area contributed by atoms with Crippen LogP contribution in [0.4, 0.5) is 13.2 Å². The molecule has 1 aromatic carbocycles. The highest BCUT2D eigenvalue weighted by Crippen LogP contribution is 2.30. The summed E-state index contributed by atoms with van der Waals surface area (Å²) < 4.78 is 37.1. The molecule has 0 aromatic heterocycles. The number of nitrogens with zero attached hydrogens (tertiary/aromatic N) is 2. The van der Waals surface area contributed by atoms with Gasteiger partial charge in [-0.3, -0.25) is 0 Å². The average Bonchev–Trinajstić information content (AvgIpc) is 2.28. The molecule has 2 nitrogen and oxygen atoms in total. The van der Waals surface area contributed by atoms with Crippen LogP contribution in [-0.2, 0) is 6.18 Å². The molecule has 0 aliphatic rings. The molecule has 0 fully saturated rings. The van der Waals surface area contributed by atoms with Crippen LogP contribution in [0.15, 0.2) is 18.2 Å². The smallest absolute Gasteiger partial charge is 0.197 e.